The van der Waals surface area contributed by atoms with E-state index in [2.05, 4.69) is 31.5 Å². The number of hydrazine groups is 1. The molecular formula is C22H18BrCl3N4O4. The van der Waals surface area contributed by atoms with E-state index in [0.717, 1.165) is 7.11 Å². The van der Waals surface area contributed by atoms with E-state index >= 15 is 0 Å². The van der Waals surface area contributed by atoms with Crippen LogP contribution < -0.4 is 15.8 Å². The highest BCUT2D eigenvalue weighted by Crippen LogP contribution is 2.34. The summed E-state index contributed by atoms with van der Waals surface area (Å²) in [5.41, 5.74) is 5.89. The highest BCUT2D eigenvalue weighted by Gasteiger charge is 2.26. The molecule has 0 saturated heterocycles. The monoisotopic (exact) mass is 586 g/mol. The van der Waals surface area contributed by atoms with E-state index < -0.39 is 17.9 Å². The van der Waals surface area contributed by atoms with E-state index in [-0.39, 0.29) is 22.0 Å². The van der Waals surface area contributed by atoms with Crippen molar-refractivity contribution >= 4 is 74.3 Å². The van der Waals surface area contributed by atoms with Crippen molar-refractivity contribution in [2.45, 2.75) is 6.92 Å². The van der Waals surface area contributed by atoms with Gasteiger partial charge < -0.3 is 14.2 Å². The number of amides is 3. The molecule has 2 aromatic carbocycles. The van der Waals surface area contributed by atoms with Crippen LogP contribution in [-0.2, 0) is 4.74 Å². The lowest BCUT2D eigenvalue weighted by Crippen LogP contribution is -2.42. The van der Waals surface area contributed by atoms with E-state index in [0.29, 0.717) is 25.8 Å². The minimum Gasteiger partial charge on any atom is -0.452 e. The largest absolute Gasteiger partial charge is 0.452 e. The van der Waals surface area contributed by atoms with Gasteiger partial charge in [-0.25, -0.2) is 10.2 Å². The Morgan fingerprint density at radius 2 is 1.71 bits per heavy atom. The fraction of sp³-hybridized carbons (Fsp3) is 0.136. The van der Waals surface area contributed by atoms with Crippen LogP contribution in [0.2, 0.25) is 15.1 Å². The molecule has 0 saturated carbocycles. The zero-order chi connectivity index (χ0) is 25.2. The molecule has 2 N–H and O–H groups in total. The number of anilines is 1. The Balaban J connectivity index is 2.07. The summed E-state index contributed by atoms with van der Waals surface area (Å²) in [5, 5.41) is 0.979. The Labute approximate surface area is 218 Å². The zero-order valence-corrected chi connectivity index (χ0v) is 21.9. The summed E-state index contributed by atoms with van der Waals surface area (Å²) in [7, 11) is 2.67. The number of ether oxygens (including phenoxy) is 1. The second-order valence-corrected chi connectivity index (χ2v) is 9.20. The van der Waals surface area contributed by atoms with Gasteiger partial charge in [0.1, 0.15) is 5.69 Å². The second-order valence-electron chi connectivity index (χ2n) is 7.04. The SMILES string of the molecule is COC(=O)NNC(=O)c1cc(Cl)cc(C)c1N(C)C(=O)c1cc(Br)cn1-c1c(Cl)cccc1Cl. The Morgan fingerprint density at radius 1 is 1.06 bits per heavy atom. The summed E-state index contributed by atoms with van der Waals surface area (Å²) in [6.07, 6.45) is 0.800. The average molecular weight is 589 g/mol. The number of carbonyl (C=O) groups excluding carboxylic acids is 3. The van der Waals surface area contributed by atoms with Gasteiger partial charge in [0.25, 0.3) is 11.8 Å². The maximum atomic E-state index is 13.6. The van der Waals surface area contributed by atoms with Gasteiger partial charge in [0.2, 0.25) is 0 Å². The van der Waals surface area contributed by atoms with Crippen LogP contribution in [0.3, 0.4) is 0 Å². The van der Waals surface area contributed by atoms with Crippen LogP contribution in [0.15, 0.2) is 47.1 Å². The van der Waals surface area contributed by atoms with E-state index in [1.165, 1.54) is 18.0 Å². The molecule has 0 atom stereocenters. The highest BCUT2D eigenvalue weighted by atomic mass is 79.9. The third-order valence-corrected chi connectivity index (χ3v) is 6.06. The van der Waals surface area contributed by atoms with Crippen molar-refractivity contribution in [3.05, 3.63) is 79.0 Å². The first-order chi connectivity index (χ1) is 16.0. The maximum Gasteiger partial charge on any atom is 0.425 e. The first-order valence-corrected chi connectivity index (χ1v) is 11.5. The number of para-hydroxylation sites is 1. The Morgan fingerprint density at radius 3 is 2.32 bits per heavy atom. The molecule has 8 nitrogen and oxygen atoms in total. The van der Waals surface area contributed by atoms with Gasteiger partial charge in [-0.2, -0.15) is 0 Å². The maximum absolute atomic E-state index is 13.6. The number of benzene rings is 2. The van der Waals surface area contributed by atoms with Gasteiger partial charge in [0.15, 0.2) is 0 Å². The standard InChI is InChI=1S/C22H18BrCl3N4O4/c1-11-7-13(24)9-14(20(31)27-28-22(33)34-3)18(11)29(2)21(32)17-8-12(23)10-30(17)19-15(25)5-4-6-16(19)26/h4-10H,1-3H3,(H,27,31)(H,28,33). The fourth-order valence-corrected chi connectivity index (χ4v) is 4.63. The molecule has 34 heavy (non-hydrogen) atoms. The molecule has 1 aromatic heterocycles. The summed E-state index contributed by atoms with van der Waals surface area (Å²) < 4.78 is 6.64. The first-order valence-electron chi connectivity index (χ1n) is 9.60. The number of carbonyl (C=O) groups is 3. The first kappa shape index (κ1) is 25.9. The third-order valence-electron chi connectivity index (χ3n) is 4.80. The predicted molar refractivity (Wildman–Crippen MR) is 135 cm³/mol. The Kier molecular flexibility index (Phi) is 8.14. The van der Waals surface area contributed by atoms with Crippen molar-refractivity contribution < 1.29 is 19.1 Å². The normalized spacial score (nSPS) is 10.6. The average Bonchev–Trinajstić information content (AvgIpc) is 3.16. The molecule has 0 unspecified atom stereocenters. The van der Waals surface area contributed by atoms with Crippen molar-refractivity contribution in [2.75, 3.05) is 19.1 Å². The van der Waals surface area contributed by atoms with Crippen LogP contribution in [0.1, 0.15) is 26.4 Å². The summed E-state index contributed by atoms with van der Waals surface area (Å²) in [6, 6.07) is 9.64. The van der Waals surface area contributed by atoms with E-state index in [1.807, 2.05) is 0 Å². The molecule has 0 aliphatic rings. The summed E-state index contributed by atoms with van der Waals surface area (Å²) in [4.78, 5) is 39.1. The van der Waals surface area contributed by atoms with Gasteiger partial charge in [-0.05, 0) is 58.7 Å². The van der Waals surface area contributed by atoms with Crippen molar-refractivity contribution in [3.8, 4) is 5.69 Å². The number of rotatable bonds is 4. The van der Waals surface area contributed by atoms with Crippen LogP contribution in [0.25, 0.3) is 5.69 Å². The summed E-state index contributed by atoms with van der Waals surface area (Å²) >= 11 is 22.3. The molecular weight excluding hydrogens is 571 g/mol. The summed E-state index contributed by atoms with van der Waals surface area (Å²) in [6.45, 7) is 1.70. The van der Waals surface area contributed by atoms with E-state index in [4.69, 9.17) is 34.8 Å². The lowest BCUT2D eigenvalue weighted by atomic mass is 10.1. The van der Waals surface area contributed by atoms with Gasteiger partial charge in [-0.3, -0.25) is 15.0 Å². The molecule has 12 heteroatoms. The molecule has 0 aliphatic carbocycles. The van der Waals surface area contributed by atoms with Crippen molar-refractivity contribution in [1.29, 1.82) is 0 Å². The molecule has 0 fully saturated rings. The van der Waals surface area contributed by atoms with Crippen LogP contribution >= 0.6 is 50.7 Å². The quantitative estimate of drug-likeness (QED) is 0.378. The van der Waals surface area contributed by atoms with Crippen LogP contribution in [0.4, 0.5) is 10.5 Å². The van der Waals surface area contributed by atoms with Crippen molar-refractivity contribution in [2.24, 2.45) is 0 Å². The Hall–Kier alpha value is -2.72. The number of nitrogens with one attached hydrogen (secondary N) is 2. The number of methoxy groups -OCH3 is 1. The zero-order valence-electron chi connectivity index (χ0n) is 18.1. The third kappa shape index (κ3) is 5.33. The summed E-state index contributed by atoms with van der Waals surface area (Å²) in [5.74, 6) is -1.15. The smallest absolute Gasteiger partial charge is 0.425 e. The number of nitrogens with zero attached hydrogens (tertiary/aromatic N) is 2. The topological polar surface area (TPSA) is 92.7 Å². The molecule has 1 heterocycles. The van der Waals surface area contributed by atoms with Gasteiger partial charge in [0.05, 0.1) is 34.1 Å². The van der Waals surface area contributed by atoms with Crippen LogP contribution in [-0.4, -0.2) is 36.6 Å². The van der Waals surface area contributed by atoms with Crippen LogP contribution in [0, 0.1) is 6.92 Å². The number of hydrogen-bond donors (Lipinski definition) is 2. The highest BCUT2D eigenvalue weighted by molar-refractivity contribution is 9.10. The van der Waals surface area contributed by atoms with E-state index in [1.54, 1.807) is 48.0 Å². The van der Waals surface area contributed by atoms with Gasteiger partial charge >= 0.3 is 6.09 Å². The van der Waals surface area contributed by atoms with Gasteiger partial charge in [-0.1, -0.05) is 40.9 Å². The van der Waals surface area contributed by atoms with Crippen molar-refractivity contribution in [1.82, 2.24) is 15.4 Å². The van der Waals surface area contributed by atoms with Crippen molar-refractivity contribution in [3.63, 3.8) is 0 Å². The number of halogens is 4. The second kappa shape index (κ2) is 10.7. The Bertz CT molecular complexity index is 1280. The van der Waals surface area contributed by atoms with Gasteiger partial charge in [0, 0.05) is 22.7 Å². The minimum absolute atomic E-state index is 0.0604. The van der Waals surface area contributed by atoms with Gasteiger partial charge in [-0.15, -0.1) is 0 Å². The number of aryl methyl sites for hydroxylation is 1. The lowest BCUT2D eigenvalue weighted by molar-refractivity contribution is 0.0921. The molecule has 0 bridgehead atoms. The fourth-order valence-electron chi connectivity index (χ4n) is 3.35. The molecule has 0 spiro atoms. The van der Waals surface area contributed by atoms with E-state index in [9.17, 15) is 14.4 Å². The number of aromatic nitrogens is 1. The molecule has 0 aliphatic heterocycles. The number of hydrogen-bond acceptors (Lipinski definition) is 4. The predicted octanol–water partition coefficient (Wildman–Crippen LogP) is 5.79. The molecule has 178 valence electrons. The van der Waals surface area contributed by atoms with Crippen LogP contribution in [0.5, 0.6) is 0 Å². The lowest BCUT2D eigenvalue weighted by Gasteiger charge is -2.24. The molecule has 3 amide bonds. The molecule has 3 rings (SSSR count). The molecule has 3 aromatic rings. The minimum atomic E-state index is -0.864. The molecule has 0 radical (unpaired) electrons.